The number of hydrogen-bond acceptors (Lipinski definition) is 3. The molecule has 2 nitrogen and oxygen atoms in total. The number of nitriles is 1. The Labute approximate surface area is 133 Å². The number of benzene rings is 1. The molecule has 3 heteroatoms. The molecule has 0 aliphatic rings. The summed E-state index contributed by atoms with van der Waals surface area (Å²) in [5.41, 5.74) is 1.08. The SMILES string of the molecule is C=C(CCCC(C)(C#N)Sc1ccccc1)NC(C)CC. The van der Waals surface area contributed by atoms with Gasteiger partial charge in [-0.25, -0.2) is 0 Å². The molecule has 0 spiro atoms. The molecule has 0 aliphatic heterocycles. The van der Waals surface area contributed by atoms with E-state index in [0.717, 1.165) is 36.3 Å². The van der Waals surface area contributed by atoms with Crippen molar-refractivity contribution in [1.29, 1.82) is 5.26 Å². The molecule has 114 valence electrons. The lowest BCUT2D eigenvalue weighted by Crippen LogP contribution is -2.24. The van der Waals surface area contributed by atoms with Crippen LogP contribution in [0.5, 0.6) is 0 Å². The second-order valence-electron chi connectivity index (χ2n) is 5.67. The van der Waals surface area contributed by atoms with Gasteiger partial charge in [-0.05, 0) is 51.7 Å². The second-order valence-corrected chi connectivity index (χ2v) is 7.25. The van der Waals surface area contributed by atoms with Crippen molar-refractivity contribution in [2.75, 3.05) is 0 Å². The summed E-state index contributed by atoms with van der Waals surface area (Å²) in [5, 5.41) is 12.9. The fraction of sp³-hybridized carbons (Fsp3) is 0.500. The number of allylic oxidation sites excluding steroid dienone is 1. The van der Waals surface area contributed by atoms with Crippen LogP contribution in [0.2, 0.25) is 0 Å². The van der Waals surface area contributed by atoms with E-state index in [2.05, 4.69) is 43.9 Å². The lowest BCUT2D eigenvalue weighted by Gasteiger charge is -2.22. The van der Waals surface area contributed by atoms with E-state index in [1.165, 1.54) is 0 Å². The molecule has 0 bridgehead atoms. The quantitative estimate of drug-likeness (QED) is 0.642. The topological polar surface area (TPSA) is 35.8 Å². The molecule has 1 aromatic carbocycles. The number of thioether (sulfide) groups is 1. The number of nitrogens with zero attached hydrogens (tertiary/aromatic N) is 1. The van der Waals surface area contributed by atoms with Crippen LogP contribution in [0.1, 0.15) is 46.5 Å². The summed E-state index contributed by atoms with van der Waals surface area (Å²) in [7, 11) is 0. The number of hydrogen-bond donors (Lipinski definition) is 1. The maximum Gasteiger partial charge on any atom is 0.104 e. The summed E-state index contributed by atoms with van der Waals surface area (Å²) in [4.78, 5) is 1.15. The van der Waals surface area contributed by atoms with Gasteiger partial charge >= 0.3 is 0 Å². The van der Waals surface area contributed by atoms with Crippen LogP contribution in [0.3, 0.4) is 0 Å². The zero-order chi connectivity index (χ0) is 15.7. The molecule has 0 aliphatic carbocycles. The Morgan fingerprint density at radius 2 is 2.10 bits per heavy atom. The normalized spacial score (nSPS) is 14.8. The summed E-state index contributed by atoms with van der Waals surface area (Å²) in [6.45, 7) is 10.4. The van der Waals surface area contributed by atoms with Gasteiger partial charge in [0.05, 0.1) is 6.07 Å². The van der Waals surface area contributed by atoms with Crippen molar-refractivity contribution in [1.82, 2.24) is 5.32 Å². The molecule has 21 heavy (non-hydrogen) atoms. The van der Waals surface area contributed by atoms with Gasteiger partial charge in [0, 0.05) is 16.6 Å². The van der Waals surface area contributed by atoms with Crippen LogP contribution < -0.4 is 5.32 Å². The van der Waals surface area contributed by atoms with Gasteiger partial charge in [-0.3, -0.25) is 0 Å². The lowest BCUT2D eigenvalue weighted by molar-refractivity contribution is 0.560. The Morgan fingerprint density at radius 1 is 1.43 bits per heavy atom. The maximum atomic E-state index is 9.49. The van der Waals surface area contributed by atoms with Gasteiger partial charge in [-0.1, -0.05) is 31.7 Å². The van der Waals surface area contributed by atoms with Crippen LogP contribution in [0.15, 0.2) is 47.5 Å². The highest BCUT2D eigenvalue weighted by Gasteiger charge is 2.24. The summed E-state index contributed by atoms with van der Waals surface area (Å²) >= 11 is 1.65. The van der Waals surface area contributed by atoms with Crippen molar-refractivity contribution in [2.24, 2.45) is 0 Å². The molecular formula is C18H26N2S. The van der Waals surface area contributed by atoms with E-state index in [1.807, 2.05) is 25.1 Å². The highest BCUT2D eigenvalue weighted by atomic mass is 32.2. The predicted octanol–water partition coefficient (Wildman–Crippen LogP) is 5.13. The van der Waals surface area contributed by atoms with E-state index in [-0.39, 0.29) is 4.75 Å². The van der Waals surface area contributed by atoms with Crippen LogP contribution in [0, 0.1) is 11.3 Å². The predicted molar refractivity (Wildman–Crippen MR) is 92.2 cm³/mol. The van der Waals surface area contributed by atoms with Crippen molar-refractivity contribution in [3.63, 3.8) is 0 Å². The third-order valence-electron chi connectivity index (χ3n) is 3.52. The monoisotopic (exact) mass is 302 g/mol. The van der Waals surface area contributed by atoms with Crippen molar-refractivity contribution in [3.8, 4) is 6.07 Å². The standard InChI is InChI=1S/C18H26N2S/c1-5-15(2)20-16(3)10-9-13-18(4,14-19)21-17-11-7-6-8-12-17/h6-8,11-12,15,20H,3,5,9-10,13H2,1-2,4H3. The fourth-order valence-corrected chi connectivity index (χ4v) is 3.15. The average molecular weight is 302 g/mol. The minimum Gasteiger partial charge on any atom is -0.386 e. The van der Waals surface area contributed by atoms with E-state index >= 15 is 0 Å². The first-order valence-corrected chi connectivity index (χ1v) is 8.40. The van der Waals surface area contributed by atoms with Crippen molar-refractivity contribution < 1.29 is 0 Å². The van der Waals surface area contributed by atoms with Crippen molar-refractivity contribution in [2.45, 2.75) is 62.1 Å². The zero-order valence-corrected chi connectivity index (χ0v) is 14.2. The molecule has 0 saturated carbocycles. The first-order chi connectivity index (χ1) is 9.99. The highest BCUT2D eigenvalue weighted by molar-refractivity contribution is 8.00. The average Bonchev–Trinajstić information content (AvgIpc) is 2.48. The van der Waals surface area contributed by atoms with E-state index in [0.29, 0.717) is 6.04 Å². The van der Waals surface area contributed by atoms with E-state index < -0.39 is 0 Å². The van der Waals surface area contributed by atoms with Gasteiger partial charge in [0.2, 0.25) is 0 Å². The summed E-state index contributed by atoms with van der Waals surface area (Å²) in [5.74, 6) is 0. The third-order valence-corrected chi connectivity index (χ3v) is 4.77. The first-order valence-electron chi connectivity index (χ1n) is 7.58. The highest BCUT2D eigenvalue weighted by Crippen LogP contribution is 2.36. The molecule has 1 rings (SSSR count). The Hall–Kier alpha value is -1.40. The summed E-state index contributed by atoms with van der Waals surface area (Å²) in [6.07, 6.45) is 3.87. The van der Waals surface area contributed by atoms with E-state index in [9.17, 15) is 5.26 Å². The molecule has 0 saturated heterocycles. The zero-order valence-electron chi connectivity index (χ0n) is 13.4. The Balaban J connectivity index is 2.43. The van der Waals surface area contributed by atoms with Gasteiger partial charge < -0.3 is 5.32 Å². The molecule has 2 unspecified atom stereocenters. The summed E-state index contributed by atoms with van der Waals surface area (Å²) in [6, 6.07) is 13.1. The largest absolute Gasteiger partial charge is 0.386 e. The van der Waals surface area contributed by atoms with Gasteiger partial charge in [0.1, 0.15) is 4.75 Å². The van der Waals surface area contributed by atoms with Crippen LogP contribution >= 0.6 is 11.8 Å². The fourth-order valence-electron chi connectivity index (χ4n) is 2.04. The Morgan fingerprint density at radius 3 is 2.67 bits per heavy atom. The van der Waals surface area contributed by atoms with Crippen LogP contribution in [-0.4, -0.2) is 10.8 Å². The van der Waals surface area contributed by atoms with Gasteiger partial charge in [0.25, 0.3) is 0 Å². The molecule has 2 atom stereocenters. The molecule has 1 N–H and O–H groups in total. The molecule has 0 fully saturated rings. The van der Waals surface area contributed by atoms with E-state index in [4.69, 9.17) is 0 Å². The molecule has 0 aromatic heterocycles. The number of nitrogens with one attached hydrogen (secondary N) is 1. The van der Waals surface area contributed by atoms with Crippen LogP contribution in [-0.2, 0) is 0 Å². The third kappa shape index (κ3) is 6.73. The van der Waals surface area contributed by atoms with Gasteiger partial charge in [0.15, 0.2) is 0 Å². The van der Waals surface area contributed by atoms with Gasteiger partial charge in [-0.2, -0.15) is 5.26 Å². The number of rotatable bonds is 9. The molecule has 0 heterocycles. The Kier molecular flexibility index (Phi) is 7.39. The first kappa shape index (κ1) is 17.7. The molecular weight excluding hydrogens is 276 g/mol. The van der Waals surface area contributed by atoms with Crippen molar-refractivity contribution in [3.05, 3.63) is 42.6 Å². The lowest BCUT2D eigenvalue weighted by atomic mass is 10.0. The second kappa shape index (κ2) is 8.79. The van der Waals surface area contributed by atoms with Crippen LogP contribution in [0.4, 0.5) is 0 Å². The summed E-state index contributed by atoms with van der Waals surface area (Å²) < 4.78 is -0.377. The minimum atomic E-state index is -0.377. The smallest absolute Gasteiger partial charge is 0.104 e. The van der Waals surface area contributed by atoms with E-state index in [1.54, 1.807) is 11.8 Å². The van der Waals surface area contributed by atoms with Crippen molar-refractivity contribution >= 4 is 11.8 Å². The Bertz CT molecular complexity index is 478. The minimum absolute atomic E-state index is 0.377. The van der Waals surface area contributed by atoms with Gasteiger partial charge in [-0.15, -0.1) is 11.8 Å². The van der Waals surface area contributed by atoms with Crippen LogP contribution in [0.25, 0.3) is 0 Å². The maximum absolute atomic E-state index is 9.49. The molecule has 1 aromatic rings. The molecule has 0 amide bonds. The molecule has 0 radical (unpaired) electrons.